The molecule has 2 aromatic heterocycles. The van der Waals surface area contributed by atoms with Crippen LogP contribution >= 0.6 is 11.3 Å². The second-order valence-electron chi connectivity index (χ2n) is 5.99. The van der Waals surface area contributed by atoms with Gasteiger partial charge in [0.15, 0.2) is 0 Å². The van der Waals surface area contributed by atoms with Gasteiger partial charge in [0, 0.05) is 30.4 Å². The minimum absolute atomic E-state index is 0.0555. The summed E-state index contributed by atoms with van der Waals surface area (Å²) in [6.45, 7) is 0.140. The van der Waals surface area contributed by atoms with Crippen LogP contribution in [0.1, 0.15) is 16.1 Å². The van der Waals surface area contributed by atoms with Crippen LogP contribution in [0.4, 0.5) is 13.2 Å². The molecule has 0 atom stereocenters. The van der Waals surface area contributed by atoms with E-state index in [0.29, 0.717) is 6.07 Å². The fourth-order valence-corrected chi connectivity index (χ4v) is 4.86. The van der Waals surface area contributed by atoms with Crippen LogP contribution in [-0.2, 0) is 36.3 Å². The van der Waals surface area contributed by atoms with Crippen LogP contribution in [0.15, 0.2) is 65.0 Å². The molecule has 0 fully saturated rings. The Hall–Kier alpha value is -2.10. The van der Waals surface area contributed by atoms with Crippen molar-refractivity contribution in [2.45, 2.75) is 24.2 Å². The quantitative estimate of drug-likeness (QED) is 0.596. The number of hydrogen-bond donors (Lipinski definition) is 0. The molecule has 144 valence electrons. The molecular weight excluding hydrogens is 397 g/mol. The molecule has 27 heavy (non-hydrogen) atoms. The van der Waals surface area contributed by atoms with Crippen LogP contribution in [-0.4, -0.2) is 17.3 Å². The molecule has 0 aliphatic rings. The van der Waals surface area contributed by atoms with Crippen LogP contribution in [0.5, 0.6) is 0 Å². The topological polar surface area (TPSA) is 42.3 Å². The molecule has 4 nitrogen and oxygen atoms in total. The average molecular weight is 414 g/mol. The summed E-state index contributed by atoms with van der Waals surface area (Å²) < 4.78 is 68.3. The maximum Gasteiger partial charge on any atom is 0.416 e. The summed E-state index contributed by atoms with van der Waals surface area (Å²) in [5, 5.41) is 1.83. The second-order valence-corrected chi connectivity index (χ2v) is 8.96. The van der Waals surface area contributed by atoms with Crippen molar-refractivity contribution in [1.29, 1.82) is 0 Å². The number of alkyl halides is 3. The van der Waals surface area contributed by atoms with Gasteiger partial charge < -0.3 is 4.57 Å². The molecule has 0 saturated heterocycles. The third-order valence-corrected chi connectivity index (χ3v) is 6.75. The van der Waals surface area contributed by atoms with Crippen LogP contribution in [0.3, 0.4) is 0 Å². The molecule has 3 rings (SSSR count). The van der Waals surface area contributed by atoms with E-state index in [1.54, 1.807) is 42.1 Å². The molecular formula is C18H17F3N2O2S2. The van der Waals surface area contributed by atoms with Crippen molar-refractivity contribution in [2.75, 3.05) is 0 Å². The minimum atomic E-state index is -4.61. The standard InChI is InChI=1S/C18H17F3N2O2S2/c1-22-9-3-6-15(22)12-23(13-16-7-4-10-26-16)27(24,25)17-8-2-5-14(11-17)18(19,20)21/h2-11H,12-13H2,1H3. The zero-order valence-electron chi connectivity index (χ0n) is 14.3. The molecule has 0 aliphatic heterocycles. The average Bonchev–Trinajstić information content (AvgIpc) is 3.26. The van der Waals surface area contributed by atoms with Gasteiger partial charge in [-0.2, -0.15) is 17.5 Å². The smallest absolute Gasteiger partial charge is 0.353 e. The molecule has 0 amide bonds. The van der Waals surface area contributed by atoms with Gasteiger partial charge in [-0.05, 0) is 41.8 Å². The van der Waals surface area contributed by atoms with Crippen LogP contribution in [0.2, 0.25) is 0 Å². The van der Waals surface area contributed by atoms with Crippen molar-refractivity contribution in [3.63, 3.8) is 0 Å². The van der Waals surface area contributed by atoms with Crippen molar-refractivity contribution in [3.8, 4) is 0 Å². The molecule has 3 aromatic rings. The molecule has 0 aliphatic carbocycles. The minimum Gasteiger partial charge on any atom is -0.353 e. The maximum atomic E-state index is 13.1. The predicted octanol–water partition coefficient (Wildman–Crippen LogP) is 4.50. The molecule has 2 heterocycles. The summed E-state index contributed by atoms with van der Waals surface area (Å²) in [6, 6.07) is 11.0. The first-order valence-electron chi connectivity index (χ1n) is 7.98. The molecule has 0 saturated carbocycles. The number of aromatic nitrogens is 1. The van der Waals surface area contributed by atoms with Crippen molar-refractivity contribution in [2.24, 2.45) is 7.05 Å². The van der Waals surface area contributed by atoms with E-state index in [0.717, 1.165) is 22.7 Å². The number of benzene rings is 1. The first kappa shape index (κ1) is 19.7. The summed E-state index contributed by atoms with van der Waals surface area (Å²) in [4.78, 5) is 0.433. The Labute approximate surface area is 159 Å². The van der Waals surface area contributed by atoms with Gasteiger partial charge >= 0.3 is 6.18 Å². The van der Waals surface area contributed by atoms with E-state index in [1.165, 1.54) is 21.7 Å². The molecule has 0 spiro atoms. The molecule has 0 bridgehead atoms. The van der Waals surface area contributed by atoms with E-state index < -0.39 is 21.8 Å². The zero-order valence-corrected chi connectivity index (χ0v) is 16.0. The second kappa shape index (κ2) is 7.49. The van der Waals surface area contributed by atoms with E-state index >= 15 is 0 Å². The first-order valence-corrected chi connectivity index (χ1v) is 10.3. The Morgan fingerprint density at radius 3 is 2.44 bits per heavy atom. The Bertz CT molecular complexity index is 1010. The third-order valence-electron chi connectivity index (χ3n) is 4.10. The number of rotatable bonds is 6. The van der Waals surface area contributed by atoms with Gasteiger partial charge in [-0.3, -0.25) is 0 Å². The lowest BCUT2D eigenvalue weighted by atomic mass is 10.2. The van der Waals surface area contributed by atoms with Crippen molar-refractivity contribution >= 4 is 21.4 Å². The number of halogens is 3. The maximum absolute atomic E-state index is 13.1. The first-order chi connectivity index (χ1) is 12.7. The number of aryl methyl sites for hydroxylation is 1. The highest BCUT2D eigenvalue weighted by atomic mass is 32.2. The molecule has 0 radical (unpaired) electrons. The number of hydrogen-bond acceptors (Lipinski definition) is 3. The monoisotopic (exact) mass is 414 g/mol. The highest BCUT2D eigenvalue weighted by Crippen LogP contribution is 2.32. The zero-order chi connectivity index (χ0) is 19.7. The summed E-state index contributed by atoms with van der Waals surface area (Å²) in [5.41, 5.74) is -0.249. The number of sulfonamides is 1. The lowest BCUT2D eigenvalue weighted by Gasteiger charge is -2.22. The summed E-state index contributed by atoms with van der Waals surface area (Å²) >= 11 is 1.39. The van der Waals surface area contributed by atoms with E-state index in [1.807, 2.05) is 5.38 Å². The van der Waals surface area contributed by atoms with Gasteiger partial charge in [0.1, 0.15) is 0 Å². The van der Waals surface area contributed by atoms with Gasteiger partial charge in [-0.25, -0.2) is 8.42 Å². The van der Waals surface area contributed by atoms with Crippen LogP contribution in [0.25, 0.3) is 0 Å². The van der Waals surface area contributed by atoms with Gasteiger partial charge in [0.05, 0.1) is 17.0 Å². The van der Waals surface area contributed by atoms with Gasteiger partial charge in [0.2, 0.25) is 10.0 Å². The van der Waals surface area contributed by atoms with Crippen LogP contribution in [0, 0.1) is 0 Å². The fraction of sp³-hybridized carbons (Fsp3) is 0.222. The number of nitrogens with zero attached hydrogens (tertiary/aromatic N) is 2. The predicted molar refractivity (Wildman–Crippen MR) is 97.6 cm³/mol. The molecule has 9 heteroatoms. The van der Waals surface area contributed by atoms with E-state index in [4.69, 9.17) is 0 Å². The lowest BCUT2D eigenvalue weighted by molar-refractivity contribution is -0.137. The Morgan fingerprint density at radius 1 is 1.07 bits per heavy atom. The van der Waals surface area contributed by atoms with Crippen LogP contribution < -0.4 is 0 Å². The number of thiophene rings is 1. The van der Waals surface area contributed by atoms with Gasteiger partial charge in [-0.1, -0.05) is 12.1 Å². The molecule has 1 aromatic carbocycles. The Morgan fingerprint density at radius 2 is 1.85 bits per heavy atom. The van der Waals surface area contributed by atoms with Crippen molar-refractivity contribution in [1.82, 2.24) is 8.87 Å². The van der Waals surface area contributed by atoms with Crippen molar-refractivity contribution < 1.29 is 21.6 Å². The largest absolute Gasteiger partial charge is 0.416 e. The Kier molecular flexibility index (Phi) is 5.45. The van der Waals surface area contributed by atoms with E-state index in [-0.39, 0.29) is 18.0 Å². The Balaban J connectivity index is 2.00. The summed E-state index contributed by atoms with van der Waals surface area (Å²) in [5.74, 6) is 0. The summed E-state index contributed by atoms with van der Waals surface area (Å²) in [7, 11) is -2.34. The van der Waals surface area contributed by atoms with Crippen molar-refractivity contribution in [3.05, 3.63) is 76.2 Å². The third kappa shape index (κ3) is 4.42. The normalized spacial score (nSPS) is 12.6. The fourth-order valence-electron chi connectivity index (χ4n) is 2.63. The van der Waals surface area contributed by atoms with E-state index in [9.17, 15) is 21.6 Å². The lowest BCUT2D eigenvalue weighted by Crippen LogP contribution is -2.31. The highest BCUT2D eigenvalue weighted by Gasteiger charge is 2.33. The SMILES string of the molecule is Cn1cccc1CN(Cc1cccs1)S(=O)(=O)c1cccc(C(F)(F)F)c1. The molecule has 0 N–H and O–H groups in total. The highest BCUT2D eigenvalue weighted by molar-refractivity contribution is 7.89. The summed E-state index contributed by atoms with van der Waals surface area (Å²) in [6.07, 6.45) is -2.82. The molecule has 0 unspecified atom stereocenters. The van der Waals surface area contributed by atoms with Gasteiger partial charge in [0.25, 0.3) is 0 Å². The van der Waals surface area contributed by atoms with E-state index in [2.05, 4.69) is 0 Å². The van der Waals surface area contributed by atoms with Gasteiger partial charge in [-0.15, -0.1) is 11.3 Å².